The lowest BCUT2D eigenvalue weighted by molar-refractivity contribution is -0.122. The summed E-state index contributed by atoms with van der Waals surface area (Å²) in [6, 6.07) is 0. The number of aryl methyl sites for hydroxylation is 2. The molecule has 7 nitrogen and oxygen atoms in total. The Morgan fingerprint density at radius 2 is 2.03 bits per heavy atom. The molecule has 1 saturated heterocycles. The van der Waals surface area contributed by atoms with Crippen molar-refractivity contribution in [2.45, 2.75) is 39.0 Å². The molecule has 0 aromatic carbocycles. The molecule has 0 radical (unpaired) electrons. The summed E-state index contributed by atoms with van der Waals surface area (Å²) in [4.78, 5) is 15.4. The number of nitrogens with zero attached hydrogens (tertiary/aromatic N) is 3. The van der Waals surface area contributed by atoms with Crippen LogP contribution >= 0.6 is 0 Å². The fourth-order valence-corrected chi connectivity index (χ4v) is 6.33. The first-order valence-electron chi connectivity index (χ1n) is 11.9. The number of aromatic nitrogens is 2. The topological polar surface area (TPSA) is 97.9 Å². The van der Waals surface area contributed by atoms with E-state index in [9.17, 15) is 4.79 Å². The highest BCUT2D eigenvalue weighted by Gasteiger charge is 2.58. The molecule has 4 aliphatic rings. The van der Waals surface area contributed by atoms with Gasteiger partial charge in [0.1, 0.15) is 5.84 Å². The van der Waals surface area contributed by atoms with E-state index in [4.69, 9.17) is 10.8 Å². The molecule has 32 heavy (non-hydrogen) atoms. The highest BCUT2D eigenvalue weighted by atomic mass is 16.2. The van der Waals surface area contributed by atoms with Crippen LogP contribution in [-0.4, -0.2) is 51.8 Å². The highest BCUT2D eigenvalue weighted by molar-refractivity contribution is 6.11. The summed E-state index contributed by atoms with van der Waals surface area (Å²) in [6.07, 6.45) is 15.5. The van der Waals surface area contributed by atoms with Crippen molar-refractivity contribution in [2.75, 3.05) is 19.6 Å². The number of rotatable bonds is 6. The molecular weight excluding hydrogens is 400 g/mol. The van der Waals surface area contributed by atoms with Gasteiger partial charge in [-0.3, -0.25) is 20.3 Å². The molecule has 1 amide bonds. The summed E-state index contributed by atoms with van der Waals surface area (Å²) in [5.41, 5.74) is 2.07. The summed E-state index contributed by atoms with van der Waals surface area (Å²) in [5, 5.41) is 23.2. The van der Waals surface area contributed by atoms with E-state index < -0.39 is 0 Å². The van der Waals surface area contributed by atoms with Gasteiger partial charge in [0.2, 0.25) is 5.91 Å². The van der Waals surface area contributed by atoms with Gasteiger partial charge in [-0.2, -0.15) is 5.10 Å². The van der Waals surface area contributed by atoms with Gasteiger partial charge < -0.3 is 10.2 Å². The van der Waals surface area contributed by atoms with Gasteiger partial charge in [0.05, 0.1) is 17.6 Å². The molecule has 4 unspecified atom stereocenters. The van der Waals surface area contributed by atoms with Crippen molar-refractivity contribution in [1.29, 1.82) is 10.8 Å². The molecule has 3 aliphatic carbocycles. The fraction of sp³-hybridized carbons (Fsp3) is 0.600. The maximum atomic E-state index is 12.7. The molecule has 2 heterocycles. The van der Waals surface area contributed by atoms with Gasteiger partial charge in [-0.1, -0.05) is 12.2 Å². The number of amides is 1. The summed E-state index contributed by atoms with van der Waals surface area (Å²) in [5.74, 6) is 2.51. The van der Waals surface area contributed by atoms with Crippen molar-refractivity contribution in [1.82, 2.24) is 20.0 Å². The molecule has 1 aliphatic heterocycles. The molecule has 3 fully saturated rings. The third-order valence-corrected chi connectivity index (χ3v) is 8.32. The van der Waals surface area contributed by atoms with Gasteiger partial charge in [-0.25, -0.2) is 0 Å². The number of allylic oxidation sites excluding steroid dienone is 3. The van der Waals surface area contributed by atoms with Crippen LogP contribution < -0.4 is 5.32 Å². The first-order valence-corrected chi connectivity index (χ1v) is 11.9. The maximum Gasteiger partial charge on any atom is 0.229 e. The van der Waals surface area contributed by atoms with Crippen LogP contribution in [0.4, 0.5) is 0 Å². The van der Waals surface area contributed by atoms with Crippen molar-refractivity contribution >= 4 is 17.5 Å². The lowest BCUT2D eigenvalue weighted by atomic mass is 9.88. The first kappa shape index (κ1) is 21.3. The third kappa shape index (κ3) is 3.98. The van der Waals surface area contributed by atoms with E-state index in [-0.39, 0.29) is 28.8 Å². The maximum absolute atomic E-state index is 12.7. The van der Waals surface area contributed by atoms with E-state index in [0.717, 1.165) is 61.4 Å². The average Bonchev–Trinajstić information content (AvgIpc) is 3.06. The van der Waals surface area contributed by atoms with Gasteiger partial charge in [0.15, 0.2) is 0 Å². The predicted molar refractivity (Wildman–Crippen MR) is 125 cm³/mol. The smallest absolute Gasteiger partial charge is 0.229 e. The summed E-state index contributed by atoms with van der Waals surface area (Å²) >= 11 is 0. The number of piperidine rings is 1. The lowest BCUT2D eigenvalue weighted by Crippen LogP contribution is -2.40. The molecule has 2 bridgehead atoms. The number of likely N-dealkylation sites (tertiary alicyclic amines) is 1. The Morgan fingerprint density at radius 3 is 2.66 bits per heavy atom. The van der Waals surface area contributed by atoms with Crippen LogP contribution in [0.5, 0.6) is 0 Å². The fourth-order valence-electron chi connectivity index (χ4n) is 6.33. The largest absolute Gasteiger partial charge is 0.311 e. The Labute approximate surface area is 190 Å². The van der Waals surface area contributed by atoms with Crippen molar-refractivity contribution in [3.63, 3.8) is 0 Å². The summed E-state index contributed by atoms with van der Waals surface area (Å²) in [6.45, 7) is 5.32. The van der Waals surface area contributed by atoms with Crippen LogP contribution in [0.1, 0.15) is 43.4 Å². The van der Waals surface area contributed by atoms with E-state index in [1.807, 2.05) is 6.92 Å². The Balaban J connectivity index is 1.08. The molecule has 4 atom stereocenters. The molecule has 5 rings (SSSR count). The molecular formula is C25H34N6O. The highest BCUT2D eigenvalue weighted by Crippen LogP contribution is 2.59. The average molecular weight is 435 g/mol. The number of hydrogen-bond acceptors (Lipinski definition) is 5. The minimum Gasteiger partial charge on any atom is -0.311 e. The quantitative estimate of drug-likeness (QED) is 0.365. The van der Waals surface area contributed by atoms with E-state index in [2.05, 4.69) is 27.5 Å². The predicted octanol–water partition coefficient (Wildman–Crippen LogP) is 3.06. The molecule has 7 heteroatoms. The van der Waals surface area contributed by atoms with Crippen LogP contribution in [0, 0.1) is 46.8 Å². The number of fused-ring (bicyclic) bond motifs is 2. The summed E-state index contributed by atoms with van der Waals surface area (Å²) < 4.78 is 1.65. The van der Waals surface area contributed by atoms with Crippen LogP contribution in [0.25, 0.3) is 0 Å². The zero-order valence-electron chi connectivity index (χ0n) is 19.1. The molecule has 1 spiro atoms. The van der Waals surface area contributed by atoms with Crippen LogP contribution in [0.15, 0.2) is 30.5 Å². The van der Waals surface area contributed by atoms with E-state index >= 15 is 0 Å². The number of hydrogen-bond donors (Lipinski definition) is 3. The van der Waals surface area contributed by atoms with Crippen molar-refractivity contribution < 1.29 is 4.79 Å². The normalized spacial score (nSPS) is 30.3. The second-order valence-electron chi connectivity index (χ2n) is 10.4. The van der Waals surface area contributed by atoms with Gasteiger partial charge in [-0.15, -0.1) is 0 Å². The van der Waals surface area contributed by atoms with Crippen molar-refractivity contribution in [2.24, 2.45) is 36.1 Å². The first-order chi connectivity index (χ1) is 15.3. The Bertz CT molecular complexity index is 977. The van der Waals surface area contributed by atoms with Gasteiger partial charge in [-0.05, 0) is 93.0 Å². The lowest BCUT2D eigenvalue weighted by Gasteiger charge is -2.35. The second-order valence-corrected chi connectivity index (χ2v) is 10.4. The Hall–Kier alpha value is -2.54. The molecule has 1 aromatic heterocycles. The Morgan fingerprint density at radius 1 is 1.25 bits per heavy atom. The number of carbonyl (C=O) groups is 1. The van der Waals surface area contributed by atoms with Crippen LogP contribution in [-0.2, 0) is 11.8 Å². The van der Waals surface area contributed by atoms with Crippen molar-refractivity contribution in [3.05, 3.63) is 41.8 Å². The number of carbonyl (C=O) groups excluding carboxylic acids is 1. The van der Waals surface area contributed by atoms with Crippen LogP contribution in [0.2, 0.25) is 0 Å². The zero-order chi connectivity index (χ0) is 22.5. The van der Waals surface area contributed by atoms with Crippen molar-refractivity contribution in [3.8, 4) is 0 Å². The minimum atomic E-state index is -0.0328. The standard InChI is InChI=1S/C25H34N6O/c1-16-14-28-30(2)23(16)21(26)5-6-22(27)29-24(32)20-13-25(20)7-9-31(10-8-25)15-19-12-17-3-4-18(19)11-17/h3-6,14,17-20,26H,7-13,15H2,1-2H3,(H2,27,29,32)/b6-5-,26-21?. The molecule has 3 N–H and O–H groups in total. The molecule has 2 saturated carbocycles. The third-order valence-electron chi connectivity index (χ3n) is 8.32. The van der Waals surface area contributed by atoms with Gasteiger partial charge in [0, 0.05) is 19.5 Å². The minimum absolute atomic E-state index is 0.0302. The van der Waals surface area contributed by atoms with Gasteiger partial charge in [0.25, 0.3) is 0 Å². The SMILES string of the molecule is Cc1cnn(C)c1C(=N)/C=C\C(=N)NC(=O)C1CC12CCN(CC1CC3C=CC1C3)CC2. The number of amidine groups is 1. The van der Waals surface area contributed by atoms with Crippen LogP contribution in [0.3, 0.4) is 0 Å². The van der Waals surface area contributed by atoms with Gasteiger partial charge >= 0.3 is 0 Å². The second kappa shape index (κ2) is 8.10. The zero-order valence-corrected chi connectivity index (χ0v) is 19.1. The Kier molecular flexibility index (Phi) is 5.40. The molecule has 1 aromatic rings. The number of nitrogens with one attached hydrogen (secondary N) is 3. The summed E-state index contributed by atoms with van der Waals surface area (Å²) in [7, 11) is 1.80. The monoisotopic (exact) mass is 434 g/mol. The van der Waals surface area contributed by atoms with E-state index in [1.165, 1.54) is 25.5 Å². The van der Waals surface area contributed by atoms with E-state index in [1.54, 1.807) is 24.0 Å². The molecule has 170 valence electrons. The van der Waals surface area contributed by atoms with E-state index in [0.29, 0.717) is 0 Å².